The number of benzene rings is 1. The summed E-state index contributed by atoms with van der Waals surface area (Å²) >= 11 is 0. The Morgan fingerprint density at radius 3 is 2.34 bits per heavy atom. The van der Waals surface area contributed by atoms with E-state index >= 15 is 0 Å². The van der Waals surface area contributed by atoms with E-state index in [1.807, 2.05) is 61.2 Å². The third-order valence-electron chi connectivity index (χ3n) is 5.96. The summed E-state index contributed by atoms with van der Waals surface area (Å²) in [6, 6.07) is 9.09. The van der Waals surface area contributed by atoms with Crippen LogP contribution in [-0.4, -0.2) is 59.9 Å². The number of likely N-dealkylation sites (N-methyl/N-ethyl adjacent to an activating group) is 1. The van der Waals surface area contributed by atoms with Gasteiger partial charge in [0, 0.05) is 44.0 Å². The molecule has 0 bridgehead atoms. The van der Waals surface area contributed by atoms with Crippen molar-refractivity contribution in [2.24, 2.45) is 0 Å². The fraction of sp³-hybridized carbons (Fsp3) is 0.480. The number of aromatic nitrogens is 1. The molecule has 1 aromatic carbocycles. The minimum atomic E-state index is -0.382. The molecule has 1 aliphatic rings. The standard InChI is InChI=1S/C25H34N4O3/c1-18-12-15-29(19(2)17-27(3)4)25(32)22(18)23(30)26-16-20-8-10-21(11-9-20)24(31)28-13-6-5-7-14-28/h8-12,15,19H,5-7,13-14,16-17H2,1-4H3,(H,26,30). The van der Waals surface area contributed by atoms with Gasteiger partial charge in [-0.15, -0.1) is 0 Å². The van der Waals surface area contributed by atoms with Gasteiger partial charge in [-0.05, 0) is 76.5 Å². The van der Waals surface area contributed by atoms with Gasteiger partial charge < -0.3 is 19.7 Å². The predicted octanol–water partition coefficient (Wildman–Crippen LogP) is 2.84. The SMILES string of the molecule is Cc1ccn(C(C)CN(C)C)c(=O)c1C(=O)NCc1ccc(C(=O)N2CCCCC2)cc1. The van der Waals surface area contributed by atoms with Crippen LogP contribution in [0.5, 0.6) is 0 Å². The lowest BCUT2D eigenvalue weighted by Gasteiger charge is -2.26. The summed E-state index contributed by atoms with van der Waals surface area (Å²) in [6.07, 6.45) is 5.05. The fourth-order valence-corrected chi connectivity index (χ4v) is 4.20. The average Bonchev–Trinajstić information content (AvgIpc) is 2.77. The van der Waals surface area contributed by atoms with Gasteiger partial charge in [-0.25, -0.2) is 0 Å². The van der Waals surface area contributed by atoms with E-state index in [9.17, 15) is 14.4 Å². The van der Waals surface area contributed by atoms with Crippen molar-refractivity contribution in [1.82, 2.24) is 19.7 Å². The highest BCUT2D eigenvalue weighted by Crippen LogP contribution is 2.14. The largest absolute Gasteiger partial charge is 0.348 e. The van der Waals surface area contributed by atoms with Crippen LogP contribution in [0.3, 0.4) is 0 Å². The van der Waals surface area contributed by atoms with Crippen molar-refractivity contribution >= 4 is 11.8 Å². The lowest BCUT2D eigenvalue weighted by Crippen LogP contribution is -2.36. The van der Waals surface area contributed by atoms with Gasteiger partial charge in [-0.2, -0.15) is 0 Å². The number of piperidine rings is 1. The van der Waals surface area contributed by atoms with Gasteiger partial charge in [0.25, 0.3) is 17.4 Å². The molecule has 1 fully saturated rings. The monoisotopic (exact) mass is 438 g/mol. The van der Waals surface area contributed by atoms with Crippen LogP contribution >= 0.6 is 0 Å². The van der Waals surface area contributed by atoms with Crippen molar-refractivity contribution < 1.29 is 9.59 Å². The van der Waals surface area contributed by atoms with E-state index in [-0.39, 0.29) is 35.5 Å². The molecule has 0 spiro atoms. The summed E-state index contributed by atoms with van der Waals surface area (Å²) in [4.78, 5) is 42.3. The minimum Gasteiger partial charge on any atom is -0.348 e. The lowest BCUT2D eigenvalue weighted by molar-refractivity contribution is 0.0724. The Hall–Kier alpha value is -2.93. The second-order valence-corrected chi connectivity index (χ2v) is 8.93. The molecule has 1 unspecified atom stereocenters. The van der Waals surface area contributed by atoms with Crippen LogP contribution in [0.15, 0.2) is 41.3 Å². The number of nitrogens with zero attached hydrogens (tertiary/aromatic N) is 3. The molecule has 7 heteroatoms. The highest BCUT2D eigenvalue weighted by atomic mass is 16.2. The molecule has 1 aromatic heterocycles. The van der Waals surface area contributed by atoms with Gasteiger partial charge in [0.05, 0.1) is 0 Å². The topological polar surface area (TPSA) is 74.6 Å². The Balaban J connectivity index is 1.66. The third kappa shape index (κ3) is 5.65. The zero-order valence-corrected chi connectivity index (χ0v) is 19.6. The molecule has 1 atom stereocenters. The number of hydrogen-bond donors (Lipinski definition) is 1. The Bertz CT molecular complexity index is 1000. The molecular formula is C25H34N4O3. The van der Waals surface area contributed by atoms with Gasteiger partial charge in [-0.3, -0.25) is 14.4 Å². The van der Waals surface area contributed by atoms with Gasteiger partial charge >= 0.3 is 0 Å². The number of pyridine rings is 1. The first-order chi connectivity index (χ1) is 15.3. The number of rotatable bonds is 7. The summed E-state index contributed by atoms with van der Waals surface area (Å²) in [5.74, 6) is -0.319. The highest BCUT2D eigenvalue weighted by molar-refractivity contribution is 5.95. The second-order valence-electron chi connectivity index (χ2n) is 8.93. The summed E-state index contributed by atoms with van der Waals surface area (Å²) < 4.78 is 1.61. The Labute approximate surface area is 190 Å². The van der Waals surface area contributed by atoms with E-state index < -0.39 is 0 Å². The maximum Gasteiger partial charge on any atom is 0.263 e. The zero-order valence-electron chi connectivity index (χ0n) is 19.6. The van der Waals surface area contributed by atoms with Crippen molar-refractivity contribution in [3.8, 4) is 0 Å². The molecule has 32 heavy (non-hydrogen) atoms. The number of hydrogen-bond acceptors (Lipinski definition) is 4. The Morgan fingerprint density at radius 2 is 1.72 bits per heavy atom. The number of likely N-dealkylation sites (tertiary alicyclic amines) is 1. The van der Waals surface area contributed by atoms with E-state index in [0.717, 1.165) is 31.5 Å². The van der Waals surface area contributed by atoms with Crippen molar-refractivity contribution in [2.45, 2.75) is 45.7 Å². The molecule has 7 nitrogen and oxygen atoms in total. The number of carbonyl (C=O) groups is 2. The van der Waals surface area contributed by atoms with Crippen LogP contribution in [0.25, 0.3) is 0 Å². The van der Waals surface area contributed by atoms with E-state index in [2.05, 4.69) is 5.32 Å². The van der Waals surface area contributed by atoms with E-state index in [1.165, 1.54) is 6.42 Å². The molecule has 3 rings (SSSR count). The van der Waals surface area contributed by atoms with Gasteiger partial charge in [-0.1, -0.05) is 12.1 Å². The van der Waals surface area contributed by atoms with Crippen LogP contribution in [0.2, 0.25) is 0 Å². The molecule has 0 aliphatic carbocycles. The molecule has 1 saturated heterocycles. The van der Waals surface area contributed by atoms with E-state index in [0.29, 0.717) is 17.7 Å². The molecule has 172 valence electrons. The van der Waals surface area contributed by atoms with Crippen molar-refractivity contribution in [3.63, 3.8) is 0 Å². The number of carbonyl (C=O) groups excluding carboxylic acids is 2. The predicted molar refractivity (Wildman–Crippen MR) is 126 cm³/mol. The van der Waals surface area contributed by atoms with Crippen molar-refractivity contribution in [2.75, 3.05) is 33.7 Å². The molecule has 0 saturated carbocycles. The normalized spacial score (nSPS) is 15.0. The first-order valence-electron chi connectivity index (χ1n) is 11.3. The number of aryl methyl sites for hydroxylation is 1. The van der Waals surface area contributed by atoms with Crippen molar-refractivity contribution in [1.29, 1.82) is 0 Å². The second kappa shape index (κ2) is 10.6. The quantitative estimate of drug-likeness (QED) is 0.721. The molecule has 1 aliphatic heterocycles. The molecule has 2 amide bonds. The Kier molecular flexibility index (Phi) is 7.85. The molecule has 2 aromatic rings. The zero-order chi connectivity index (χ0) is 23.3. The summed E-state index contributed by atoms with van der Waals surface area (Å²) in [7, 11) is 3.91. The van der Waals surface area contributed by atoms with Crippen molar-refractivity contribution in [3.05, 3.63) is 69.1 Å². The first kappa shape index (κ1) is 23.7. The molecule has 0 radical (unpaired) electrons. The summed E-state index contributed by atoms with van der Waals surface area (Å²) in [5, 5.41) is 2.86. The first-order valence-corrected chi connectivity index (χ1v) is 11.3. The number of amides is 2. The third-order valence-corrected chi connectivity index (χ3v) is 5.96. The molecule has 2 heterocycles. The van der Waals surface area contributed by atoms with E-state index in [1.54, 1.807) is 17.7 Å². The van der Waals surface area contributed by atoms with Gasteiger partial charge in [0.15, 0.2) is 0 Å². The van der Waals surface area contributed by atoms with Gasteiger partial charge in [0.1, 0.15) is 5.56 Å². The van der Waals surface area contributed by atoms with Crippen LogP contribution in [0.4, 0.5) is 0 Å². The molecular weight excluding hydrogens is 404 g/mol. The highest BCUT2D eigenvalue weighted by Gasteiger charge is 2.19. The van der Waals surface area contributed by atoms with Crippen LogP contribution in [-0.2, 0) is 6.54 Å². The van der Waals surface area contributed by atoms with Crippen LogP contribution in [0, 0.1) is 6.92 Å². The average molecular weight is 439 g/mol. The maximum atomic E-state index is 13.0. The smallest absolute Gasteiger partial charge is 0.263 e. The summed E-state index contributed by atoms with van der Waals surface area (Å²) in [5.41, 5.74) is 2.10. The van der Waals surface area contributed by atoms with Crippen LogP contribution in [0.1, 0.15) is 64.1 Å². The summed E-state index contributed by atoms with van der Waals surface area (Å²) in [6.45, 7) is 6.36. The minimum absolute atomic E-state index is 0.0466. The Morgan fingerprint density at radius 1 is 1.06 bits per heavy atom. The lowest BCUT2D eigenvalue weighted by atomic mass is 10.1. The maximum absolute atomic E-state index is 13.0. The van der Waals surface area contributed by atoms with E-state index in [4.69, 9.17) is 0 Å². The van der Waals surface area contributed by atoms with Gasteiger partial charge in [0.2, 0.25) is 0 Å². The fourth-order valence-electron chi connectivity index (χ4n) is 4.20. The van der Waals surface area contributed by atoms with Crippen LogP contribution < -0.4 is 10.9 Å². The molecule has 1 N–H and O–H groups in total. The number of nitrogens with one attached hydrogen (secondary N) is 1.